The molecule has 2 fully saturated rings. The fourth-order valence-corrected chi connectivity index (χ4v) is 4.77. The van der Waals surface area contributed by atoms with Gasteiger partial charge in [0, 0.05) is 19.6 Å². The van der Waals surface area contributed by atoms with Crippen LogP contribution in [0.25, 0.3) is 0 Å². The molecule has 5 N–H and O–H groups in total. The Hall–Kier alpha value is -4.63. The maximum atomic E-state index is 13.5. The number of nitrogens with one attached hydrogen (secondary N) is 1. The maximum absolute atomic E-state index is 13.5. The van der Waals surface area contributed by atoms with Gasteiger partial charge in [-0.25, -0.2) is 9.59 Å². The Morgan fingerprint density at radius 2 is 1.74 bits per heavy atom. The number of likely N-dealkylation sites (tertiary alicyclic amines) is 1. The molecule has 2 aliphatic rings. The lowest BCUT2D eigenvalue weighted by molar-refractivity contribution is -0.153. The summed E-state index contributed by atoms with van der Waals surface area (Å²) in [4.78, 5) is 66.7. The van der Waals surface area contributed by atoms with Crippen LogP contribution in [0.5, 0.6) is 11.5 Å². The summed E-state index contributed by atoms with van der Waals surface area (Å²) >= 11 is 0. The van der Waals surface area contributed by atoms with Crippen molar-refractivity contribution in [3.63, 3.8) is 0 Å². The molecule has 0 aromatic heterocycles. The van der Waals surface area contributed by atoms with Crippen molar-refractivity contribution in [2.75, 3.05) is 32.7 Å². The van der Waals surface area contributed by atoms with E-state index >= 15 is 0 Å². The van der Waals surface area contributed by atoms with Crippen molar-refractivity contribution in [2.45, 2.75) is 31.8 Å². The van der Waals surface area contributed by atoms with E-state index in [1.54, 1.807) is 37.3 Å². The molecule has 4 rings (SSSR count). The van der Waals surface area contributed by atoms with Crippen LogP contribution in [0.15, 0.2) is 42.5 Å². The molecule has 0 radical (unpaired) electrons. The first kappa shape index (κ1) is 30.3. The van der Waals surface area contributed by atoms with Gasteiger partial charge in [-0.05, 0) is 36.9 Å². The zero-order chi connectivity index (χ0) is 30.6. The quantitative estimate of drug-likeness (QED) is 0.185. The van der Waals surface area contributed by atoms with Gasteiger partial charge in [-0.1, -0.05) is 36.4 Å². The number of likely N-dealkylation sites (N-methyl/N-ethyl adjacent to an activating group) is 1. The van der Waals surface area contributed by atoms with E-state index in [0.29, 0.717) is 12.1 Å². The third-order valence-corrected chi connectivity index (χ3v) is 7.15. The molecule has 222 valence electrons. The number of imide groups is 1. The van der Waals surface area contributed by atoms with Crippen LogP contribution >= 0.6 is 0 Å². The first-order chi connectivity index (χ1) is 20.0. The fraction of sp³-hybridized carbons (Fsp3) is 0.370. The van der Waals surface area contributed by atoms with Gasteiger partial charge in [0.15, 0.2) is 0 Å². The summed E-state index contributed by atoms with van der Waals surface area (Å²) in [5, 5.41) is 40.9. The van der Waals surface area contributed by atoms with E-state index in [2.05, 4.69) is 5.32 Å². The number of urea groups is 1. The number of aromatic carboxylic acids is 1. The number of carboxylic acids is 1. The molecular weight excluding hydrogens is 551 g/mol. The molecule has 0 aliphatic carbocycles. The normalized spacial score (nSPS) is 16.1. The molecule has 0 saturated carbocycles. The van der Waals surface area contributed by atoms with Crippen LogP contribution in [0, 0.1) is 0 Å². The Morgan fingerprint density at radius 3 is 2.36 bits per heavy atom. The van der Waals surface area contributed by atoms with E-state index < -0.39 is 60.3 Å². The number of hydrogen-bond donors (Lipinski definition) is 5. The van der Waals surface area contributed by atoms with E-state index in [4.69, 9.17) is 14.8 Å². The van der Waals surface area contributed by atoms with Crippen molar-refractivity contribution in [2.24, 2.45) is 0 Å². The van der Waals surface area contributed by atoms with Crippen molar-refractivity contribution in [3.05, 3.63) is 59.2 Å². The Balaban J connectivity index is 1.44. The molecule has 1 atom stereocenters. The minimum absolute atomic E-state index is 0.0162. The number of carbonyl (C=O) groups excluding carboxylic acids is 4. The molecule has 0 bridgehead atoms. The summed E-state index contributed by atoms with van der Waals surface area (Å²) in [6.45, 7) is 2.31. The monoisotopic (exact) mass is 582 g/mol. The second-order valence-electron chi connectivity index (χ2n) is 9.89. The van der Waals surface area contributed by atoms with Gasteiger partial charge >= 0.3 is 30.9 Å². The fourth-order valence-electron chi connectivity index (χ4n) is 4.77. The third-order valence-electron chi connectivity index (χ3n) is 7.15. The lowest BCUT2D eigenvalue weighted by Gasteiger charge is -2.41. The van der Waals surface area contributed by atoms with Crippen molar-refractivity contribution in [1.82, 2.24) is 20.0 Å². The number of phenols is 1. The Bertz CT molecular complexity index is 1370. The van der Waals surface area contributed by atoms with Gasteiger partial charge in [0.2, 0.25) is 5.91 Å². The highest BCUT2D eigenvalue weighted by atomic mass is 16.5. The molecule has 42 heavy (non-hydrogen) atoms. The van der Waals surface area contributed by atoms with Crippen LogP contribution in [0.1, 0.15) is 34.5 Å². The van der Waals surface area contributed by atoms with Crippen LogP contribution in [0.4, 0.5) is 4.79 Å². The number of benzene rings is 2. The number of rotatable bonds is 10. The number of ether oxygens (including phenoxy) is 1. The summed E-state index contributed by atoms with van der Waals surface area (Å²) in [6, 6.07) is 9.10. The minimum atomic E-state index is -1.62. The topological polar surface area (TPSA) is 197 Å². The summed E-state index contributed by atoms with van der Waals surface area (Å²) in [5.41, 5.74) is 0.172. The number of carbonyl (C=O) groups is 5. The van der Waals surface area contributed by atoms with E-state index in [-0.39, 0.29) is 50.2 Å². The van der Waals surface area contributed by atoms with Crippen LogP contribution in [-0.4, -0.2) is 111 Å². The second kappa shape index (κ2) is 12.9. The standard InChI is InChI=1S/C27H31BN4O10/c1-2-30-12-13-32(25(36)24(30)35)27(39)29-21(16-6-4-3-5-7-16)23(34)31-14-18(15-31)42-19-9-8-17(10-11-28(40)41)22(33)20(19)26(37)38/h3-9,18,21,33,40-41H,2,10-15H2,1H3,(H,29,39)(H,37,38). The number of aryl methyl sites for hydroxylation is 1. The van der Waals surface area contributed by atoms with E-state index in [1.165, 1.54) is 21.9 Å². The lowest BCUT2D eigenvalue weighted by atomic mass is 9.82. The van der Waals surface area contributed by atoms with E-state index in [0.717, 1.165) is 4.90 Å². The third kappa shape index (κ3) is 6.47. The molecule has 2 saturated heterocycles. The second-order valence-corrected chi connectivity index (χ2v) is 9.89. The summed E-state index contributed by atoms with van der Waals surface area (Å²) in [7, 11) is -1.62. The highest BCUT2D eigenvalue weighted by Crippen LogP contribution is 2.34. The predicted molar refractivity (Wildman–Crippen MR) is 146 cm³/mol. The highest BCUT2D eigenvalue weighted by Gasteiger charge is 2.40. The Kier molecular flexibility index (Phi) is 9.33. The first-order valence-corrected chi connectivity index (χ1v) is 13.4. The maximum Gasteiger partial charge on any atom is 0.451 e. The molecule has 2 aliphatic heterocycles. The van der Waals surface area contributed by atoms with Gasteiger partial charge in [0.05, 0.1) is 13.1 Å². The zero-order valence-electron chi connectivity index (χ0n) is 22.8. The number of hydrogen-bond acceptors (Lipinski definition) is 9. The molecular formula is C27H31BN4O10. The van der Waals surface area contributed by atoms with Gasteiger partial charge in [-0.3, -0.25) is 19.3 Å². The van der Waals surface area contributed by atoms with Gasteiger partial charge < -0.3 is 40.1 Å². The predicted octanol–water partition coefficient (Wildman–Crippen LogP) is -0.163. The highest BCUT2D eigenvalue weighted by molar-refractivity contribution is 6.41. The molecule has 2 aromatic carbocycles. The summed E-state index contributed by atoms with van der Waals surface area (Å²) < 4.78 is 5.78. The largest absolute Gasteiger partial charge is 0.507 e. The van der Waals surface area contributed by atoms with Gasteiger partial charge in [0.25, 0.3) is 0 Å². The number of nitrogens with zero attached hydrogens (tertiary/aromatic N) is 3. The minimum Gasteiger partial charge on any atom is -0.507 e. The Labute approximate surface area is 241 Å². The molecule has 15 heteroatoms. The van der Waals surface area contributed by atoms with Gasteiger partial charge in [0.1, 0.15) is 29.2 Å². The number of aromatic hydroxyl groups is 1. The molecule has 0 spiro atoms. The molecule has 5 amide bonds. The number of piperazine rings is 1. The van der Waals surface area contributed by atoms with Gasteiger partial charge in [-0.2, -0.15) is 0 Å². The smallest absolute Gasteiger partial charge is 0.451 e. The molecule has 1 unspecified atom stereocenters. The van der Waals surface area contributed by atoms with Crippen LogP contribution in [-0.2, 0) is 20.8 Å². The van der Waals surface area contributed by atoms with Crippen LogP contribution in [0.3, 0.4) is 0 Å². The van der Waals surface area contributed by atoms with Crippen molar-refractivity contribution in [3.8, 4) is 11.5 Å². The lowest BCUT2D eigenvalue weighted by Crippen LogP contribution is -2.61. The van der Waals surface area contributed by atoms with Crippen LogP contribution in [0.2, 0.25) is 6.32 Å². The summed E-state index contributed by atoms with van der Waals surface area (Å²) in [6.07, 6.45) is -0.702. The van der Waals surface area contributed by atoms with Crippen molar-refractivity contribution in [1.29, 1.82) is 0 Å². The van der Waals surface area contributed by atoms with Crippen LogP contribution < -0.4 is 10.1 Å². The number of amides is 5. The average molecular weight is 582 g/mol. The summed E-state index contributed by atoms with van der Waals surface area (Å²) in [5.74, 6) is -4.39. The SMILES string of the molecule is CCN1CCN(C(=O)NC(C(=O)N2CC(Oc3ccc(CCB(O)O)c(O)c3C(=O)O)C2)c2ccccc2)C(=O)C1=O. The van der Waals surface area contributed by atoms with Gasteiger partial charge in [-0.15, -0.1) is 0 Å². The zero-order valence-corrected chi connectivity index (χ0v) is 22.8. The van der Waals surface area contributed by atoms with E-state index in [9.17, 15) is 34.2 Å². The first-order valence-electron chi connectivity index (χ1n) is 13.4. The average Bonchev–Trinajstić information content (AvgIpc) is 2.94. The molecule has 2 heterocycles. The van der Waals surface area contributed by atoms with Crippen molar-refractivity contribution >= 4 is 36.8 Å². The van der Waals surface area contributed by atoms with E-state index in [1.807, 2.05) is 0 Å². The van der Waals surface area contributed by atoms with Crippen molar-refractivity contribution < 1.29 is 49.0 Å². The molecule has 14 nitrogen and oxygen atoms in total. The molecule has 2 aromatic rings. The Morgan fingerprint density at radius 1 is 1.05 bits per heavy atom. The number of carboxylic acid groups (broad SMARTS) is 1.